The van der Waals surface area contributed by atoms with Crippen molar-refractivity contribution in [2.24, 2.45) is 5.92 Å². The number of nitrogens with zero attached hydrogens (tertiary/aromatic N) is 5. The van der Waals surface area contributed by atoms with Gasteiger partial charge in [-0.3, -0.25) is 14.9 Å². The zero-order valence-corrected chi connectivity index (χ0v) is 18.6. The molecule has 2 fully saturated rings. The molecule has 3 heterocycles. The second-order valence-corrected chi connectivity index (χ2v) is 9.07. The zero-order valence-electron chi connectivity index (χ0n) is 17.8. The summed E-state index contributed by atoms with van der Waals surface area (Å²) in [6.45, 7) is 3.60. The lowest BCUT2D eigenvalue weighted by Crippen LogP contribution is -2.44. The molecule has 0 saturated carbocycles. The Morgan fingerprint density at radius 1 is 1.09 bits per heavy atom. The van der Waals surface area contributed by atoms with E-state index in [0.29, 0.717) is 45.1 Å². The van der Waals surface area contributed by atoms with Gasteiger partial charge in [0.05, 0.1) is 10.5 Å². The van der Waals surface area contributed by atoms with Gasteiger partial charge in [0.2, 0.25) is 5.91 Å². The van der Waals surface area contributed by atoms with Crippen LogP contribution in [0.4, 0.5) is 29.7 Å². The molecule has 2 aliphatic rings. The first kappa shape index (κ1) is 23.3. The highest BCUT2D eigenvalue weighted by atomic mass is 32.1. The molecule has 1 aromatic heterocycles. The number of amides is 1. The van der Waals surface area contributed by atoms with E-state index in [1.54, 1.807) is 22.4 Å². The number of piperidine rings is 1. The summed E-state index contributed by atoms with van der Waals surface area (Å²) in [5.41, 5.74) is -1.45. The molecular formula is C21H24F3N5O3S. The van der Waals surface area contributed by atoms with Gasteiger partial charge >= 0.3 is 6.18 Å². The third-order valence-electron chi connectivity index (χ3n) is 6.18. The van der Waals surface area contributed by atoms with Crippen LogP contribution < -0.4 is 9.80 Å². The van der Waals surface area contributed by atoms with Crippen molar-refractivity contribution in [2.45, 2.75) is 25.4 Å². The number of hydrogen-bond acceptors (Lipinski definition) is 7. The zero-order chi connectivity index (χ0) is 23.6. The topological polar surface area (TPSA) is 82.8 Å². The first-order valence-corrected chi connectivity index (χ1v) is 11.7. The number of benzene rings is 1. The SMILES string of the molecule is O=C(C1CCN(c2ccc(C(F)(F)F)cc2[N+](=O)[O-])CC1)N1CCCN(c2nccs2)CC1. The van der Waals surface area contributed by atoms with Crippen molar-refractivity contribution in [3.05, 3.63) is 45.5 Å². The van der Waals surface area contributed by atoms with Crippen LogP contribution in [0.3, 0.4) is 0 Å². The maximum absolute atomic E-state index is 13.1. The number of thiazole rings is 1. The van der Waals surface area contributed by atoms with Gasteiger partial charge in [-0.05, 0) is 31.4 Å². The Balaban J connectivity index is 1.38. The van der Waals surface area contributed by atoms with E-state index in [1.165, 1.54) is 0 Å². The number of hydrogen-bond donors (Lipinski definition) is 0. The van der Waals surface area contributed by atoms with E-state index in [1.807, 2.05) is 10.3 Å². The molecule has 4 rings (SSSR count). The first-order valence-electron chi connectivity index (χ1n) is 10.8. The first-order chi connectivity index (χ1) is 15.7. The van der Waals surface area contributed by atoms with Gasteiger partial charge in [-0.25, -0.2) is 4.98 Å². The van der Waals surface area contributed by atoms with Crippen LogP contribution in [0.5, 0.6) is 0 Å². The Morgan fingerprint density at radius 3 is 2.48 bits per heavy atom. The molecule has 2 saturated heterocycles. The number of nitro groups is 1. The Labute approximate surface area is 192 Å². The number of halogens is 3. The molecule has 12 heteroatoms. The average Bonchev–Trinajstić information content (AvgIpc) is 3.22. The average molecular weight is 484 g/mol. The number of aromatic nitrogens is 1. The molecule has 8 nitrogen and oxygen atoms in total. The highest BCUT2D eigenvalue weighted by molar-refractivity contribution is 7.13. The molecule has 178 valence electrons. The largest absolute Gasteiger partial charge is 0.416 e. The molecule has 1 aromatic carbocycles. The number of alkyl halides is 3. The molecule has 1 amide bonds. The molecule has 0 radical (unpaired) electrons. The summed E-state index contributed by atoms with van der Waals surface area (Å²) >= 11 is 1.58. The number of rotatable bonds is 4. The summed E-state index contributed by atoms with van der Waals surface area (Å²) in [5, 5.41) is 14.3. The number of carbonyl (C=O) groups excluding carboxylic acids is 1. The van der Waals surface area contributed by atoms with Crippen LogP contribution in [0.1, 0.15) is 24.8 Å². The molecule has 2 aliphatic heterocycles. The molecule has 2 aromatic rings. The highest BCUT2D eigenvalue weighted by Crippen LogP contribution is 2.38. The lowest BCUT2D eigenvalue weighted by atomic mass is 9.94. The summed E-state index contributed by atoms with van der Waals surface area (Å²) in [6, 6.07) is 2.61. The second-order valence-electron chi connectivity index (χ2n) is 8.20. The Kier molecular flexibility index (Phi) is 6.73. The van der Waals surface area contributed by atoms with Crippen LogP contribution in [0, 0.1) is 16.0 Å². The van der Waals surface area contributed by atoms with E-state index < -0.39 is 22.4 Å². The summed E-state index contributed by atoms with van der Waals surface area (Å²) < 4.78 is 38.9. The Bertz CT molecular complexity index is 994. The van der Waals surface area contributed by atoms with Crippen molar-refractivity contribution in [1.29, 1.82) is 0 Å². The van der Waals surface area contributed by atoms with E-state index >= 15 is 0 Å². The standard InChI is InChI=1S/C21H24F3N5O3S/c22-21(23,24)16-2-3-17(18(14-16)29(31)32)26-9-4-15(5-10-26)19(30)27-7-1-8-28(12-11-27)20-25-6-13-33-20/h2-3,6,13-15H,1,4-5,7-12H2. The molecule has 33 heavy (non-hydrogen) atoms. The molecule has 0 unspecified atom stereocenters. The second kappa shape index (κ2) is 9.54. The maximum Gasteiger partial charge on any atom is 0.416 e. The smallest absolute Gasteiger partial charge is 0.366 e. The Hall–Kier alpha value is -2.89. The molecule has 0 N–H and O–H groups in total. The van der Waals surface area contributed by atoms with Crippen molar-refractivity contribution in [2.75, 3.05) is 49.1 Å². The number of carbonyl (C=O) groups is 1. The summed E-state index contributed by atoms with van der Waals surface area (Å²) in [4.78, 5) is 33.9. The van der Waals surface area contributed by atoms with Crippen LogP contribution in [-0.2, 0) is 11.0 Å². The van der Waals surface area contributed by atoms with Gasteiger partial charge in [-0.2, -0.15) is 13.2 Å². The minimum Gasteiger partial charge on any atom is -0.366 e. The molecule has 0 bridgehead atoms. The van der Waals surface area contributed by atoms with Gasteiger partial charge in [-0.15, -0.1) is 11.3 Å². The van der Waals surface area contributed by atoms with Crippen molar-refractivity contribution < 1.29 is 22.9 Å². The fourth-order valence-electron chi connectivity index (χ4n) is 4.44. The van der Waals surface area contributed by atoms with Crippen molar-refractivity contribution in [3.63, 3.8) is 0 Å². The molecule has 0 aliphatic carbocycles. The lowest BCUT2D eigenvalue weighted by Gasteiger charge is -2.35. The normalized spacial score (nSPS) is 18.3. The fraction of sp³-hybridized carbons (Fsp3) is 0.524. The number of anilines is 2. The van der Waals surface area contributed by atoms with Crippen molar-refractivity contribution in [3.8, 4) is 0 Å². The quantitative estimate of drug-likeness (QED) is 0.483. The predicted molar refractivity (Wildman–Crippen MR) is 119 cm³/mol. The van der Waals surface area contributed by atoms with Gasteiger partial charge in [0.1, 0.15) is 5.69 Å². The van der Waals surface area contributed by atoms with Gasteiger partial charge in [-0.1, -0.05) is 0 Å². The van der Waals surface area contributed by atoms with Crippen LogP contribution in [0.25, 0.3) is 0 Å². The Morgan fingerprint density at radius 2 is 1.85 bits per heavy atom. The predicted octanol–water partition coefficient (Wildman–Crippen LogP) is 4.03. The minimum absolute atomic E-state index is 0.0811. The van der Waals surface area contributed by atoms with Gasteiger partial charge in [0, 0.05) is 62.8 Å². The highest BCUT2D eigenvalue weighted by Gasteiger charge is 2.35. The van der Waals surface area contributed by atoms with E-state index in [9.17, 15) is 28.1 Å². The van der Waals surface area contributed by atoms with Crippen LogP contribution in [-0.4, -0.2) is 60.0 Å². The van der Waals surface area contributed by atoms with E-state index in [4.69, 9.17) is 0 Å². The summed E-state index contributed by atoms with van der Waals surface area (Å²) in [6.07, 6.45) is -1.02. The van der Waals surface area contributed by atoms with E-state index in [0.717, 1.165) is 36.8 Å². The minimum atomic E-state index is -4.65. The van der Waals surface area contributed by atoms with Crippen molar-refractivity contribution in [1.82, 2.24) is 9.88 Å². The van der Waals surface area contributed by atoms with Crippen LogP contribution >= 0.6 is 11.3 Å². The van der Waals surface area contributed by atoms with Crippen LogP contribution in [0.2, 0.25) is 0 Å². The molecular weight excluding hydrogens is 459 g/mol. The molecule has 0 atom stereocenters. The van der Waals surface area contributed by atoms with Crippen molar-refractivity contribution >= 4 is 33.8 Å². The lowest BCUT2D eigenvalue weighted by molar-refractivity contribution is -0.384. The summed E-state index contributed by atoms with van der Waals surface area (Å²) in [7, 11) is 0. The maximum atomic E-state index is 13.1. The third-order valence-corrected chi connectivity index (χ3v) is 7.01. The molecule has 0 spiro atoms. The van der Waals surface area contributed by atoms with Gasteiger partial charge < -0.3 is 14.7 Å². The third kappa shape index (κ3) is 5.21. The van der Waals surface area contributed by atoms with Crippen LogP contribution in [0.15, 0.2) is 29.8 Å². The van der Waals surface area contributed by atoms with Gasteiger partial charge in [0.25, 0.3) is 5.69 Å². The van der Waals surface area contributed by atoms with Gasteiger partial charge in [0.15, 0.2) is 5.13 Å². The monoisotopic (exact) mass is 483 g/mol. The van der Waals surface area contributed by atoms with E-state index in [2.05, 4.69) is 9.88 Å². The summed E-state index contributed by atoms with van der Waals surface area (Å²) in [5.74, 6) is -0.112. The number of nitro benzene ring substituents is 1. The van der Waals surface area contributed by atoms with E-state index in [-0.39, 0.29) is 17.5 Å². The fourth-order valence-corrected chi connectivity index (χ4v) is 5.14.